The first-order valence-corrected chi connectivity index (χ1v) is 8.44. The van der Waals surface area contributed by atoms with E-state index in [0.29, 0.717) is 11.5 Å². The number of phenols is 1. The second kappa shape index (κ2) is 8.49. The van der Waals surface area contributed by atoms with Gasteiger partial charge in [0.15, 0.2) is 18.1 Å². The number of hydrogen-bond donors (Lipinski definition) is 3. The molecule has 9 nitrogen and oxygen atoms in total. The third-order valence-corrected chi connectivity index (χ3v) is 3.88. The number of hydrazine groups is 1. The Balaban J connectivity index is 1.44. The second-order valence-electron chi connectivity index (χ2n) is 5.64. The fourth-order valence-corrected chi connectivity index (χ4v) is 2.45. The summed E-state index contributed by atoms with van der Waals surface area (Å²) < 4.78 is 15.7. The molecule has 0 saturated carbocycles. The quantitative estimate of drug-likeness (QED) is 0.514. The fraction of sp³-hybridized carbons (Fsp3) is 0.167. The predicted octanol–water partition coefficient (Wildman–Crippen LogP) is 1.19. The van der Waals surface area contributed by atoms with E-state index in [1.807, 2.05) is 0 Å². The Morgan fingerprint density at radius 2 is 1.89 bits per heavy atom. The Bertz CT molecular complexity index is 919. The van der Waals surface area contributed by atoms with Gasteiger partial charge in [-0.2, -0.15) is 0 Å². The van der Waals surface area contributed by atoms with Crippen LogP contribution in [0.2, 0.25) is 5.02 Å². The summed E-state index contributed by atoms with van der Waals surface area (Å²) in [7, 11) is 0. The summed E-state index contributed by atoms with van der Waals surface area (Å²) in [5, 5.41) is 9.89. The molecule has 0 spiro atoms. The van der Waals surface area contributed by atoms with Crippen molar-refractivity contribution in [3.8, 4) is 17.2 Å². The van der Waals surface area contributed by atoms with Crippen LogP contribution in [0.25, 0.3) is 0 Å². The standard InChI is InChI=1S/C18H15ClN2O7/c19-10-5-6-11(12(22)7-10)18(25)27-9-16(23)20-21-17(24)15-8-26-13-3-1-2-4-14(13)28-15/h1-7,15,22H,8-9H2,(H,20,23)(H,21,24)/t15-/m1/s1. The Hall–Kier alpha value is -3.46. The van der Waals surface area contributed by atoms with Gasteiger partial charge in [0.25, 0.3) is 11.8 Å². The molecule has 2 aromatic rings. The van der Waals surface area contributed by atoms with Crippen molar-refractivity contribution in [3.63, 3.8) is 0 Å². The molecular weight excluding hydrogens is 392 g/mol. The zero-order valence-electron chi connectivity index (χ0n) is 14.3. The summed E-state index contributed by atoms with van der Waals surface area (Å²) >= 11 is 5.68. The van der Waals surface area contributed by atoms with Crippen molar-refractivity contribution in [3.05, 3.63) is 53.1 Å². The SMILES string of the molecule is O=C(COC(=O)c1ccc(Cl)cc1O)NNC(=O)[C@H]1COc2ccccc2O1. The van der Waals surface area contributed by atoms with Crippen molar-refractivity contribution in [2.75, 3.05) is 13.2 Å². The van der Waals surface area contributed by atoms with E-state index in [2.05, 4.69) is 10.9 Å². The molecule has 2 aromatic carbocycles. The first-order chi connectivity index (χ1) is 13.4. The third-order valence-electron chi connectivity index (χ3n) is 3.64. The van der Waals surface area contributed by atoms with Gasteiger partial charge in [-0.1, -0.05) is 23.7 Å². The summed E-state index contributed by atoms with van der Waals surface area (Å²) in [6, 6.07) is 10.7. The molecule has 3 N–H and O–H groups in total. The highest BCUT2D eigenvalue weighted by molar-refractivity contribution is 6.30. The zero-order chi connectivity index (χ0) is 20.1. The van der Waals surface area contributed by atoms with Crippen LogP contribution in [0.3, 0.4) is 0 Å². The van der Waals surface area contributed by atoms with Crippen molar-refractivity contribution in [2.45, 2.75) is 6.10 Å². The lowest BCUT2D eigenvalue weighted by Crippen LogP contribution is -2.51. The number of carbonyl (C=O) groups is 3. The molecule has 0 bridgehead atoms. The highest BCUT2D eigenvalue weighted by Gasteiger charge is 2.27. The average Bonchev–Trinajstić information content (AvgIpc) is 2.69. The fourth-order valence-electron chi connectivity index (χ4n) is 2.28. The van der Waals surface area contributed by atoms with Crippen LogP contribution in [0.4, 0.5) is 0 Å². The van der Waals surface area contributed by atoms with E-state index in [1.54, 1.807) is 24.3 Å². The number of para-hydroxylation sites is 2. The van der Waals surface area contributed by atoms with Crippen LogP contribution in [-0.2, 0) is 14.3 Å². The Kier molecular flexibility index (Phi) is 5.85. The van der Waals surface area contributed by atoms with E-state index in [4.69, 9.17) is 25.8 Å². The number of halogens is 1. The molecule has 146 valence electrons. The Labute approximate surface area is 164 Å². The Morgan fingerprint density at radius 3 is 2.64 bits per heavy atom. The van der Waals surface area contributed by atoms with Gasteiger partial charge in [0.2, 0.25) is 6.10 Å². The molecule has 2 amide bonds. The largest absolute Gasteiger partial charge is 0.507 e. The molecule has 0 aliphatic carbocycles. The van der Waals surface area contributed by atoms with E-state index in [9.17, 15) is 19.5 Å². The number of amides is 2. The van der Waals surface area contributed by atoms with Gasteiger partial charge in [0, 0.05) is 5.02 Å². The molecule has 1 aliphatic rings. The molecule has 28 heavy (non-hydrogen) atoms. The average molecular weight is 407 g/mol. The lowest BCUT2D eigenvalue weighted by atomic mass is 10.2. The van der Waals surface area contributed by atoms with E-state index in [0.717, 1.165) is 0 Å². The van der Waals surface area contributed by atoms with E-state index in [-0.39, 0.29) is 22.9 Å². The molecule has 0 unspecified atom stereocenters. The normalized spacial score (nSPS) is 14.7. The molecule has 1 aliphatic heterocycles. The van der Waals surface area contributed by atoms with Crippen molar-refractivity contribution >= 4 is 29.4 Å². The van der Waals surface area contributed by atoms with Gasteiger partial charge < -0.3 is 19.3 Å². The van der Waals surface area contributed by atoms with E-state index >= 15 is 0 Å². The molecule has 0 aromatic heterocycles. The number of benzene rings is 2. The van der Waals surface area contributed by atoms with Crippen LogP contribution in [0.15, 0.2) is 42.5 Å². The van der Waals surface area contributed by atoms with Crippen LogP contribution in [-0.4, -0.2) is 42.2 Å². The van der Waals surface area contributed by atoms with Crippen LogP contribution < -0.4 is 20.3 Å². The van der Waals surface area contributed by atoms with Crippen LogP contribution in [0.5, 0.6) is 17.2 Å². The number of nitrogens with one attached hydrogen (secondary N) is 2. The highest BCUT2D eigenvalue weighted by Crippen LogP contribution is 2.30. The molecule has 1 atom stereocenters. The molecule has 0 radical (unpaired) electrons. The summed E-state index contributed by atoms with van der Waals surface area (Å²) in [6.07, 6.45) is -0.955. The first kappa shape index (κ1) is 19.3. The molecule has 3 rings (SSSR count). The van der Waals surface area contributed by atoms with Gasteiger partial charge in [0.05, 0.1) is 0 Å². The molecule has 10 heteroatoms. The number of phenolic OH excluding ortho intramolecular Hbond substituents is 1. The minimum atomic E-state index is -0.955. The molecular formula is C18H15ClN2O7. The lowest BCUT2D eigenvalue weighted by molar-refractivity contribution is -0.135. The van der Waals surface area contributed by atoms with Gasteiger partial charge in [-0.3, -0.25) is 20.4 Å². The minimum Gasteiger partial charge on any atom is -0.507 e. The predicted molar refractivity (Wildman–Crippen MR) is 96.0 cm³/mol. The van der Waals surface area contributed by atoms with Crippen LogP contribution in [0, 0.1) is 0 Å². The maximum atomic E-state index is 12.1. The van der Waals surface area contributed by atoms with Gasteiger partial charge in [-0.25, -0.2) is 4.79 Å². The number of hydrogen-bond acceptors (Lipinski definition) is 7. The summed E-state index contributed by atoms with van der Waals surface area (Å²) in [6.45, 7) is -0.699. The molecule has 1 heterocycles. The number of rotatable bonds is 4. The van der Waals surface area contributed by atoms with E-state index in [1.165, 1.54) is 18.2 Å². The maximum Gasteiger partial charge on any atom is 0.342 e. The Morgan fingerprint density at radius 1 is 1.14 bits per heavy atom. The van der Waals surface area contributed by atoms with Gasteiger partial charge in [-0.05, 0) is 30.3 Å². The molecule has 0 saturated heterocycles. The van der Waals surface area contributed by atoms with Crippen LogP contribution in [0.1, 0.15) is 10.4 Å². The summed E-state index contributed by atoms with van der Waals surface area (Å²) in [4.78, 5) is 35.7. The van der Waals surface area contributed by atoms with Gasteiger partial charge in [0.1, 0.15) is 17.9 Å². The topological polar surface area (TPSA) is 123 Å². The third kappa shape index (κ3) is 4.63. The van der Waals surface area contributed by atoms with Crippen molar-refractivity contribution in [2.24, 2.45) is 0 Å². The second-order valence-corrected chi connectivity index (χ2v) is 6.08. The lowest BCUT2D eigenvalue weighted by Gasteiger charge is -2.25. The molecule has 0 fully saturated rings. The smallest absolute Gasteiger partial charge is 0.342 e. The van der Waals surface area contributed by atoms with Gasteiger partial charge in [-0.15, -0.1) is 0 Å². The number of fused-ring (bicyclic) bond motifs is 1. The number of aromatic hydroxyl groups is 1. The summed E-state index contributed by atoms with van der Waals surface area (Å²) in [5.41, 5.74) is 4.12. The zero-order valence-corrected chi connectivity index (χ0v) is 15.1. The van der Waals surface area contributed by atoms with Crippen LogP contribution >= 0.6 is 11.6 Å². The maximum absolute atomic E-state index is 12.1. The number of carbonyl (C=O) groups excluding carboxylic acids is 3. The van der Waals surface area contributed by atoms with Crippen molar-refractivity contribution in [1.82, 2.24) is 10.9 Å². The van der Waals surface area contributed by atoms with Crippen molar-refractivity contribution in [1.29, 1.82) is 0 Å². The van der Waals surface area contributed by atoms with Crippen molar-refractivity contribution < 1.29 is 33.7 Å². The summed E-state index contributed by atoms with van der Waals surface area (Å²) in [5.74, 6) is -1.78. The monoisotopic (exact) mass is 406 g/mol. The highest BCUT2D eigenvalue weighted by atomic mass is 35.5. The van der Waals surface area contributed by atoms with E-state index < -0.39 is 30.5 Å². The minimum absolute atomic E-state index is 0.0243. The number of esters is 1. The van der Waals surface area contributed by atoms with Gasteiger partial charge >= 0.3 is 5.97 Å². The number of ether oxygens (including phenoxy) is 3. The first-order valence-electron chi connectivity index (χ1n) is 8.07.